The van der Waals surface area contributed by atoms with E-state index >= 15 is 0 Å². The lowest BCUT2D eigenvalue weighted by Crippen LogP contribution is -2.40. The van der Waals surface area contributed by atoms with Gasteiger partial charge in [-0.1, -0.05) is 43.2 Å². The van der Waals surface area contributed by atoms with Crippen molar-refractivity contribution in [3.05, 3.63) is 46.7 Å². The van der Waals surface area contributed by atoms with Gasteiger partial charge in [-0.2, -0.15) is 0 Å². The molecule has 1 atom stereocenters. The van der Waals surface area contributed by atoms with Gasteiger partial charge in [0, 0.05) is 5.41 Å². The first-order valence-electron chi connectivity index (χ1n) is 7.46. The van der Waals surface area contributed by atoms with Gasteiger partial charge < -0.3 is 15.0 Å². The summed E-state index contributed by atoms with van der Waals surface area (Å²) in [5, 5.41) is 22.3. The Kier molecular flexibility index (Phi) is 3.24. The number of aliphatic hydroxyl groups is 1. The molecule has 1 aromatic carbocycles. The molecular formula is C17H23NO2. The van der Waals surface area contributed by atoms with Gasteiger partial charge in [-0.05, 0) is 29.5 Å². The summed E-state index contributed by atoms with van der Waals surface area (Å²) in [6, 6.07) is 8.37. The van der Waals surface area contributed by atoms with Gasteiger partial charge in [0.05, 0.1) is 14.1 Å². The zero-order valence-electron chi connectivity index (χ0n) is 12.3. The number of fused-ring (bicyclic) bond motifs is 2. The summed E-state index contributed by atoms with van der Waals surface area (Å²) in [5.74, 6) is 0. The molecule has 1 unspecified atom stereocenters. The Labute approximate surface area is 120 Å². The number of nitrogens with zero attached hydrogens (tertiary/aromatic N) is 1. The number of hydroxylamine groups is 3. The largest absolute Gasteiger partial charge is 0.633 e. The maximum absolute atomic E-state index is 11.8. The van der Waals surface area contributed by atoms with Crippen molar-refractivity contribution in [3.8, 4) is 0 Å². The monoisotopic (exact) mass is 273 g/mol. The molecule has 0 aromatic heterocycles. The van der Waals surface area contributed by atoms with E-state index in [0.717, 1.165) is 24.0 Å². The number of benzene rings is 1. The number of allylic oxidation sites excluding steroid dienone is 1. The second-order valence-corrected chi connectivity index (χ2v) is 6.78. The molecule has 108 valence electrons. The lowest BCUT2D eigenvalue weighted by Gasteiger charge is -2.35. The van der Waals surface area contributed by atoms with E-state index in [1.54, 1.807) is 14.1 Å². The molecule has 0 saturated heterocycles. The summed E-state index contributed by atoms with van der Waals surface area (Å²) in [5.41, 5.74) is 3.58. The second-order valence-electron chi connectivity index (χ2n) is 6.78. The molecule has 1 saturated carbocycles. The van der Waals surface area contributed by atoms with Gasteiger partial charge >= 0.3 is 0 Å². The average Bonchev–Trinajstić information content (AvgIpc) is 2.95. The van der Waals surface area contributed by atoms with E-state index in [2.05, 4.69) is 24.3 Å². The van der Waals surface area contributed by atoms with Crippen molar-refractivity contribution < 1.29 is 9.75 Å². The van der Waals surface area contributed by atoms with Gasteiger partial charge in [0.1, 0.15) is 12.6 Å². The maximum atomic E-state index is 11.8. The number of hydrogen-bond donors (Lipinski definition) is 1. The summed E-state index contributed by atoms with van der Waals surface area (Å²) in [7, 11) is 3.16. The maximum Gasteiger partial charge on any atom is 0.128 e. The van der Waals surface area contributed by atoms with Crippen molar-refractivity contribution >= 4 is 5.57 Å². The molecule has 2 aliphatic rings. The summed E-state index contributed by atoms with van der Waals surface area (Å²) in [6.07, 6.45) is 6.40. The number of likely N-dealkylation sites (N-methyl/N-ethyl adjacent to an activating group) is 1. The van der Waals surface area contributed by atoms with Crippen LogP contribution >= 0.6 is 0 Å². The Balaban J connectivity index is 1.99. The number of quaternary nitrogens is 1. The molecule has 1 fully saturated rings. The van der Waals surface area contributed by atoms with Gasteiger partial charge in [0.15, 0.2) is 0 Å². The molecule has 3 heteroatoms. The highest BCUT2D eigenvalue weighted by Crippen LogP contribution is 2.51. The van der Waals surface area contributed by atoms with Gasteiger partial charge in [-0.25, -0.2) is 0 Å². The molecule has 0 aliphatic heterocycles. The van der Waals surface area contributed by atoms with E-state index in [1.165, 1.54) is 18.4 Å². The van der Waals surface area contributed by atoms with Crippen molar-refractivity contribution in [1.82, 2.24) is 0 Å². The van der Waals surface area contributed by atoms with Crippen LogP contribution in [0.1, 0.15) is 36.8 Å². The zero-order valence-corrected chi connectivity index (χ0v) is 12.3. The number of hydrogen-bond acceptors (Lipinski definition) is 2. The first kappa shape index (κ1) is 13.8. The zero-order chi connectivity index (χ0) is 14.4. The highest BCUT2D eigenvalue weighted by Gasteiger charge is 2.41. The van der Waals surface area contributed by atoms with Gasteiger partial charge in [0.25, 0.3) is 0 Å². The first-order valence-corrected chi connectivity index (χ1v) is 7.46. The number of rotatable bonds is 3. The van der Waals surface area contributed by atoms with E-state index in [-0.39, 0.29) is 12.0 Å². The molecule has 20 heavy (non-hydrogen) atoms. The van der Waals surface area contributed by atoms with Crippen LogP contribution in [0.5, 0.6) is 0 Å². The standard InChI is InChI=1S/C17H23NO2/c1-18(2,20)12-16(19)14-11-17(9-5-6-10-17)15-8-4-3-7-13(14)15/h3-4,7-8,11,16,19H,5-6,9-10,12H2,1-2H3. The second kappa shape index (κ2) is 4.69. The molecular weight excluding hydrogens is 250 g/mol. The predicted octanol–water partition coefficient (Wildman–Crippen LogP) is 2.83. The fourth-order valence-corrected chi connectivity index (χ4v) is 3.83. The van der Waals surface area contributed by atoms with Crippen LogP contribution < -0.4 is 0 Å². The lowest BCUT2D eigenvalue weighted by atomic mass is 9.81. The normalized spacial score (nSPS) is 21.9. The van der Waals surface area contributed by atoms with E-state index < -0.39 is 10.8 Å². The van der Waals surface area contributed by atoms with E-state index in [9.17, 15) is 10.3 Å². The SMILES string of the molecule is C[N+](C)([O-])CC(O)C1=CC2(CCCC2)c2ccccc21. The highest BCUT2D eigenvalue weighted by atomic mass is 16.5. The Hall–Kier alpha value is -1.16. The lowest BCUT2D eigenvalue weighted by molar-refractivity contribution is -0.842. The minimum Gasteiger partial charge on any atom is -0.633 e. The first-order chi connectivity index (χ1) is 9.41. The Morgan fingerprint density at radius 3 is 2.55 bits per heavy atom. The van der Waals surface area contributed by atoms with Crippen LogP contribution in [0.4, 0.5) is 0 Å². The smallest absolute Gasteiger partial charge is 0.128 e. The quantitative estimate of drug-likeness (QED) is 0.680. The van der Waals surface area contributed by atoms with E-state index in [4.69, 9.17) is 0 Å². The van der Waals surface area contributed by atoms with Gasteiger partial charge in [-0.15, -0.1) is 0 Å². The third-order valence-electron chi connectivity index (χ3n) is 4.67. The van der Waals surface area contributed by atoms with E-state index in [1.807, 2.05) is 6.07 Å². The fraction of sp³-hybridized carbons (Fsp3) is 0.529. The summed E-state index contributed by atoms with van der Waals surface area (Å²) in [6.45, 7) is 0.205. The number of aliphatic hydroxyl groups excluding tert-OH is 1. The van der Waals surface area contributed by atoms with E-state index in [0.29, 0.717) is 0 Å². The van der Waals surface area contributed by atoms with Crippen LogP contribution in [0.25, 0.3) is 5.57 Å². The summed E-state index contributed by atoms with van der Waals surface area (Å²) < 4.78 is -0.465. The van der Waals surface area contributed by atoms with Crippen LogP contribution in [0.2, 0.25) is 0 Å². The molecule has 1 spiro atoms. The third-order valence-corrected chi connectivity index (χ3v) is 4.67. The fourth-order valence-electron chi connectivity index (χ4n) is 3.83. The Morgan fingerprint density at radius 2 is 1.90 bits per heavy atom. The highest BCUT2D eigenvalue weighted by molar-refractivity contribution is 5.79. The van der Waals surface area contributed by atoms with Crippen LogP contribution in [-0.2, 0) is 5.41 Å². The average molecular weight is 273 g/mol. The molecule has 0 bridgehead atoms. The van der Waals surface area contributed by atoms with Crippen molar-refractivity contribution in [3.63, 3.8) is 0 Å². The molecule has 0 radical (unpaired) electrons. The van der Waals surface area contributed by atoms with Crippen LogP contribution in [0, 0.1) is 5.21 Å². The molecule has 0 amide bonds. The van der Waals surface area contributed by atoms with Crippen molar-refractivity contribution in [2.45, 2.75) is 37.2 Å². The van der Waals surface area contributed by atoms with Crippen molar-refractivity contribution in [1.29, 1.82) is 0 Å². The van der Waals surface area contributed by atoms with Crippen molar-refractivity contribution in [2.24, 2.45) is 0 Å². The Morgan fingerprint density at radius 1 is 1.25 bits per heavy atom. The molecule has 1 N–H and O–H groups in total. The molecule has 2 aliphatic carbocycles. The summed E-state index contributed by atoms with van der Waals surface area (Å²) in [4.78, 5) is 0. The van der Waals surface area contributed by atoms with Crippen LogP contribution in [0.3, 0.4) is 0 Å². The molecule has 0 heterocycles. The third kappa shape index (κ3) is 2.30. The summed E-state index contributed by atoms with van der Waals surface area (Å²) >= 11 is 0. The predicted molar refractivity (Wildman–Crippen MR) is 80.9 cm³/mol. The topological polar surface area (TPSA) is 43.3 Å². The minimum atomic E-state index is -0.677. The minimum absolute atomic E-state index is 0.118. The van der Waals surface area contributed by atoms with Gasteiger partial charge in [-0.3, -0.25) is 0 Å². The molecule has 1 aromatic rings. The molecule has 3 nitrogen and oxygen atoms in total. The van der Waals surface area contributed by atoms with Crippen LogP contribution in [-0.4, -0.2) is 36.5 Å². The van der Waals surface area contributed by atoms with Crippen LogP contribution in [0.15, 0.2) is 30.3 Å². The Bertz CT molecular complexity index is 536. The van der Waals surface area contributed by atoms with Gasteiger partial charge in [0.2, 0.25) is 0 Å². The van der Waals surface area contributed by atoms with Crippen molar-refractivity contribution in [2.75, 3.05) is 20.6 Å². The molecule has 3 rings (SSSR count).